The summed E-state index contributed by atoms with van der Waals surface area (Å²) in [6.45, 7) is 8.87. The van der Waals surface area contributed by atoms with E-state index in [1.807, 2.05) is 38.2 Å². The van der Waals surface area contributed by atoms with E-state index < -0.39 is 12.1 Å². The van der Waals surface area contributed by atoms with Crippen LogP contribution in [0, 0.1) is 13.8 Å². The number of nitrogens with one attached hydrogen (secondary N) is 1. The molecular weight excluding hydrogens is 499 g/mol. The van der Waals surface area contributed by atoms with E-state index in [1.54, 1.807) is 0 Å². The van der Waals surface area contributed by atoms with E-state index in [4.69, 9.17) is 26.2 Å². The third kappa shape index (κ3) is 7.20. The van der Waals surface area contributed by atoms with Gasteiger partial charge in [-0.05, 0) is 55.2 Å². The number of nitrogens with zero attached hydrogens (tertiary/aromatic N) is 4. The molecule has 12 heteroatoms. The Morgan fingerprint density at radius 2 is 1.86 bits per heavy atom. The Morgan fingerprint density at radius 1 is 1.17 bits per heavy atom. The zero-order valence-electron chi connectivity index (χ0n) is 19.9. The number of fused-ring (bicyclic) bond motifs is 1. The molecule has 4 rings (SSSR count). The van der Waals surface area contributed by atoms with Crippen LogP contribution in [-0.2, 0) is 24.4 Å². The molecule has 8 nitrogen and oxygen atoms in total. The van der Waals surface area contributed by atoms with Crippen LogP contribution in [0.2, 0.25) is 5.15 Å². The van der Waals surface area contributed by atoms with E-state index in [-0.39, 0.29) is 0 Å². The van der Waals surface area contributed by atoms with Gasteiger partial charge in [-0.2, -0.15) is 13.2 Å². The predicted octanol–water partition coefficient (Wildman–Crippen LogP) is 5.31. The summed E-state index contributed by atoms with van der Waals surface area (Å²) in [7, 11) is 0. The first-order chi connectivity index (χ1) is 17.0. The van der Waals surface area contributed by atoms with Crippen LogP contribution in [0.5, 0.6) is 5.75 Å². The molecule has 0 saturated carbocycles. The Labute approximate surface area is 211 Å². The van der Waals surface area contributed by atoms with Crippen molar-refractivity contribution in [2.75, 3.05) is 16.8 Å². The largest absolute Gasteiger partial charge is 0.494 e. The highest BCUT2D eigenvalue weighted by molar-refractivity contribution is 6.29. The third-order valence-electron chi connectivity index (χ3n) is 5.18. The molecule has 0 spiro atoms. The zero-order valence-corrected chi connectivity index (χ0v) is 20.6. The molecule has 192 valence electrons. The maximum Gasteiger partial charge on any atom is 0.490 e. The molecule has 36 heavy (non-hydrogen) atoms. The minimum atomic E-state index is -5.08. The first-order valence-electron chi connectivity index (χ1n) is 11.0. The molecule has 0 fully saturated rings. The van der Waals surface area contributed by atoms with Gasteiger partial charge in [-0.15, -0.1) is 0 Å². The summed E-state index contributed by atoms with van der Waals surface area (Å²) >= 11 is 6.03. The van der Waals surface area contributed by atoms with E-state index in [9.17, 15) is 13.2 Å². The number of hydrogen-bond donors (Lipinski definition) is 2. The van der Waals surface area contributed by atoms with Crippen LogP contribution in [0.15, 0.2) is 36.5 Å². The number of anilines is 2. The van der Waals surface area contributed by atoms with Crippen molar-refractivity contribution >= 4 is 29.2 Å². The molecule has 1 aromatic carbocycles. The number of aromatic nitrogens is 3. The quantitative estimate of drug-likeness (QED) is 0.419. The molecule has 0 aliphatic carbocycles. The van der Waals surface area contributed by atoms with Gasteiger partial charge in [0.15, 0.2) is 0 Å². The summed E-state index contributed by atoms with van der Waals surface area (Å²) in [5.41, 5.74) is 4.69. The highest BCUT2D eigenvalue weighted by Crippen LogP contribution is 2.29. The lowest BCUT2D eigenvalue weighted by Crippen LogP contribution is -2.21. The maximum atomic E-state index is 10.6. The molecule has 0 unspecified atom stereocenters. The van der Waals surface area contributed by atoms with Crippen molar-refractivity contribution < 1.29 is 27.8 Å². The Morgan fingerprint density at radius 3 is 2.50 bits per heavy atom. The molecule has 1 aliphatic rings. The lowest BCUT2D eigenvalue weighted by molar-refractivity contribution is -0.192. The van der Waals surface area contributed by atoms with Gasteiger partial charge in [0.2, 0.25) is 0 Å². The van der Waals surface area contributed by atoms with Crippen LogP contribution >= 0.6 is 11.6 Å². The SMILES string of the molecule is CCOc1ccc(CNc2cc(N3Cc4cnc(Cl)cc4C3)nc(C)n2)cc1C.O=C(O)C(F)(F)F. The predicted molar refractivity (Wildman–Crippen MR) is 129 cm³/mol. The van der Waals surface area contributed by atoms with Gasteiger partial charge in [0, 0.05) is 31.9 Å². The Bertz CT molecular complexity index is 1240. The number of carboxylic acid groups (broad SMARTS) is 1. The van der Waals surface area contributed by atoms with Crippen molar-refractivity contribution in [1.82, 2.24) is 15.0 Å². The van der Waals surface area contributed by atoms with Crippen LogP contribution < -0.4 is 15.0 Å². The van der Waals surface area contributed by atoms with E-state index >= 15 is 0 Å². The molecule has 0 amide bonds. The standard InChI is InChI=1S/C22H24ClN5O.C2HF3O2/c1-4-29-19-6-5-16(7-14(19)2)10-25-21-9-22(27-15(3)26-21)28-12-17-8-20(23)24-11-18(17)13-28;3-2(4,5)1(6)7/h5-9,11H,4,10,12-13H2,1-3H3,(H,25,26,27);(H,6,7). The molecule has 0 atom stereocenters. The number of benzene rings is 1. The molecule has 0 saturated heterocycles. The monoisotopic (exact) mass is 523 g/mol. The number of carbonyl (C=O) groups is 1. The molecule has 2 N–H and O–H groups in total. The van der Waals surface area contributed by atoms with Gasteiger partial charge in [-0.25, -0.2) is 19.7 Å². The second-order valence-corrected chi connectivity index (χ2v) is 8.37. The van der Waals surface area contributed by atoms with E-state index in [0.29, 0.717) is 18.3 Å². The minimum absolute atomic E-state index is 0.525. The Balaban J connectivity index is 0.000000454. The molecular formula is C24H25ClF3N5O3. The molecule has 3 heterocycles. The summed E-state index contributed by atoms with van der Waals surface area (Å²) in [5.74, 6) is 0.619. The number of hydrogen-bond acceptors (Lipinski definition) is 7. The fraction of sp³-hybridized carbons (Fsp3) is 0.333. The average molecular weight is 524 g/mol. The number of ether oxygens (including phenoxy) is 1. The average Bonchev–Trinajstić information content (AvgIpc) is 3.22. The van der Waals surface area contributed by atoms with Crippen LogP contribution in [-0.4, -0.2) is 38.8 Å². The van der Waals surface area contributed by atoms with E-state index in [1.165, 1.54) is 16.7 Å². The Hall–Kier alpha value is -3.60. The van der Waals surface area contributed by atoms with Gasteiger partial charge in [-0.3, -0.25) is 0 Å². The van der Waals surface area contributed by atoms with Crippen LogP contribution in [0.3, 0.4) is 0 Å². The van der Waals surface area contributed by atoms with Crippen molar-refractivity contribution in [3.8, 4) is 5.75 Å². The fourth-order valence-corrected chi connectivity index (χ4v) is 3.73. The van der Waals surface area contributed by atoms with Crippen molar-refractivity contribution in [2.24, 2.45) is 0 Å². The van der Waals surface area contributed by atoms with E-state index in [0.717, 1.165) is 41.9 Å². The lowest BCUT2D eigenvalue weighted by atomic mass is 10.1. The van der Waals surface area contributed by atoms with Crippen LogP contribution in [0.1, 0.15) is 35.0 Å². The summed E-state index contributed by atoms with van der Waals surface area (Å²) in [6, 6.07) is 10.2. The second-order valence-electron chi connectivity index (χ2n) is 7.98. The second kappa shape index (κ2) is 11.4. The fourth-order valence-electron chi connectivity index (χ4n) is 3.55. The van der Waals surface area contributed by atoms with Crippen molar-refractivity contribution in [1.29, 1.82) is 0 Å². The number of aliphatic carboxylic acids is 1. The molecule has 1 aliphatic heterocycles. The first-order valence-corrected chi connectivity index (χ1v) is 11.3. The van der Waals surface area contributed by atoms with Gasteiger partial charge in [-0.1, -0.05) is 23.7 Å². The summed E-state index contributed by atoms with van der Waals surface area (Å²) in [6.07, 6.45) is -3.24. The first kappa shape index (κ1) is 27.0. The molecule has 3 aromatic rings. The minimum Gasteiger partial charge on any atom is -0.494 e. The lowest BCUT2D eigenvalue weighted by Gasteiger charge is -2.18. The van der Waals surface area contributed by atoms with Gasteiger partial charge < -0.3 is 20.1 Å². The van der Waals surface area contributed by atoms with Gasteiger partial charge in [0.1, 0.15) is 28.4 Å². The van der Waals surface area contributed by atoms with Crippen LogP contribution in [0.4, 0.5) is 24.8 Å². The van der Waals surface area contributed by atoms with Crippen molar-refractivity contribution in [3.63, 3.8) is 0 Å². The zero-order chi connectivity index (χ0) is 26.5. The van der Waals surface area contributed by atoms with Gasteiger partial charge in [0.25, 0.3) is 0 Å². The highest BCUT2D eigenvalue weighted by atomic mass is 35.5. The van der Waals surface area contributed by atoms with Crippen LogP contribution in [0.25, 0.3) is 0 Å². The van der Waals surface area contributed by atoms with Crippen molar-refractivity contribution in [2.45, 2.75) is 46.6 Å². The number of halogens is 4. The number of alkyl halides is 3. The summed E-state index contributed by atoms with van der Waals surface area (Å²) in [4.78, 5) is 24.5. The summed E-state index contributed by atoms with van der Waals surface area (Å²) in [5, 5.41) is 11.1. The molecule has 0 bridgehead atoms. The van der Waals surface area contributed by atoms with Gasteiger partial charge >= 0.3 is 12.1 Å². The number of aryl methyl sites for hydroxylation is 2. The normalized spacial score (nSPS) is 12.5. The Kier molecular flexibility index (Phi) is 8.57. The van der Waals surface area contributed by atoms with E-state index in [2.05, 4.69) is 44.2 Å². The van der Waals surface area contributed by atoms with Crippen molar-refractivity contribution in [3.05, 3.63) is 69.8 Å². The maximum absolute atomic E-state index is 10.6. The molecule has 0 radical (unpaired) electrons. The van der Waals surface area contributed by atoms with Gasteiger partial charge in [0.05, 0.1) is 6.61 Å². The number of pyridine rings is 1. The summed E-state index contributed by atoms with van der Waals surface area (Å²) < 4.78 is 37.4. The molecule has 2 aromatic heterocycles. The number of rotatable bonds is 6. The highest BCUT2D eigenvalue weighted by Gasteiger charge is 2.38. The number of carboxylic acids is 1. The third-order valence-corrected chi connectivity index (χ3v) is 5.38. The smallest absolute Gasteiger partial charge is 0.490 e. The topological polar surface area (TPSA) is 100 Å².